The van der Waals surface area contributed by atoms with E-state index in [1.54, 1.807) is 4.90 Å². The number of hydrogen-bond acceptors (Lipinski definition) is 5. The molecule has 0 spiro atoms. The number of nitrogens with zero attached hydrogens (tertiary/aromatic N) is 1. The number of rotatable bonds is 3. The second kappa shape index (κ2) is 5.17. The van der Waals surface area contributed by atoms with E-state index in [-0.39, 0.29) is 27.6 Å². The maximum absolute atomic E-state index is 11.9. The van der Waals surface area contributed by atoms with Crippen LogP contribution in [-0.2, 0) is 0 Å². The highest BCUT2D eigenvalue weighted by Crippen LogP contribution is 2.47. The number of hydrogen-bond donors (Lipinski definition) is 2. The summed E-state index contributed by atoms with van der Waals surface area (Å²) in [5, 5.41) is 20.3. The molecule has 0 aliphatic heterocycles. The molecule has 1 aromatic rings. The van der Waals surface area contributed by atoms with E-state index < -0.39 is 17.3 Å². The molecule has 2 N–H and O–H groups in total. The van der Waals surface area contributed by atoms with Crippen LogP contribution in [0.5, 0.6) is 11.5 Å². The molecule has 1 aromatic carbocycles. The highest BCUT2D eigenvalue weighted by atomic mass is 35.5. The average Bonchev–Trinajstić information content (AvgIpc) is 2.43. The smallest absolute Gasteiger partial charge is 0.190 e. The first-order valence-electron chi connectivity index (χ1n) is 6.23. The molecule has 0 heterocycles. The summed E-state index contributed by atoms with van der Waals surface area (Å²) >= 11 is 6.06. The molecule has 0 saturated carbocycles. The van der Waals surface area contributed by atoms with Gasteiger partial charge in [0, 0.05) is 13.1 Å². The minimum atomic E-state index is -0.555. The van der Waals surface area contributed by atoms with Gasteiger partial charge < -0.3 is 15.1 Å². The number of aromatic hydroxyl groups is 2. The summed E-state index contributed by atoms with van der Waals surface area (Å²) in [6.07, 6.45) is 2.13. The predicted octanol–water partition coefficient (Wildman–Crippen LogP) is 2.53. The van der Waals surface area contributed by atoms with E-state index in [4.69, 9.17) is 11.6 Å². The molecule has 0 radical (unpaired) electrons. The molecule has 0 aromatic heterocycles. The Morgan fingerprint density at radius 1 is 1.00 bits per heavy atom. The van der Waals surface area contributed by atoms with Crippen molar-refractivity contribution in [3.05, 3.63) is 28.3 Å². The summed E-state index contributed by atoms with van der Waals surface area (Å²) < 4.78 is 0. The third-order valence-electron chi connectivity index (χ3n) is 3.32. The number of allylic oxidation sites excluding steroid dienone is 2. The zero-order valence-electron chi connectivity index (χ0n) is 11.1. The Bertz CT molecular complexity index is 633. The average molecular weight is 296 g/mol. The van der Waals surface area contributed by atoms with Crippen LogP contribution in [0.25, 0.3) is 0 Å². The van der Waals surface area contributed by atoms with E-state index in [0.29, 0.717) is 13.1 Å². The normalized spacial score (nSPS) is 13.6. The molecule has 20 heavy (non-hydrogen) atoms. The van der Waals surface area contributed by atoms with E-state index in [1.807, 2.05) is 13.8 Å². The number of carbonyl (C=O) groups excluding carboxylic acids is 2. The predicted molar refractivity (Wildman–Crippen MR) is 76.1 cm³/mol. The number of benzene rings is 1. The first kappa shape index (κ1) is 14.4. The maximum atomic E-state index is 11.9. The number of phenolic OH excluding ortho intramolecular Hbond substituents is 2. The highest BCUT2D eigenvalue weighted by molar-refractivity contribution is 6.37. The molecule has 0 amide bonds. The first-order chi connectivity index (χ1) is 9.43. The minimum absolute atomic E-state index is 0.124. The summed E-state index contributed by atoms with van der Waals surface area (Å²) in [5.74, 6) is -1.92. The van der Waals surface area contributed by atoms with E-state index in [9.17, 15) is 19.8 Å². The standard InChI is InChI=1S/C14H14ClNO4/c1-3-16(4-2)12-11(15)13(19)9-7(17)5-6-8(18)10(9)14(12)20/h5-6,19-20H,3-4H2,1-2H3. The summed E-state index contributed by atoms with van der Waals surface area (Å²) in [6, 6.07) is 0. The summed E-state index contributed by atoms with van der Waals surface area (Å²) in [7, 11) is 0. The highest BCUT2D eigenvalue weighted by Gasteiger charge is 2.32. The molecule has 5 nitrogen and oxygen atoms in total. The lowest BCUT2D eigenvalue weighted by atomic mass is 9.92. The second-order valence-electron chi connectivity index (χ2n) is 4.34. The van der Waals surface area contributed by atoms with Crippen LogP contribution in [-0.4, -0.2) is 34.9 Å². The van der Waals surface area contributed by atoms with Gasteiger partial charge in [-0.2, -0.15) is 0 Å². The van der Waals surface area contributed by atoms with Crippen molar-refractivity contribution in [3.8, 4) is 11.5 Å². The molecule has 0 bridgehead atoms. The van der Waals surface area contributed by atoms with Crippen molar-refractivity contribution in [3.63, 3.8) is 0 Å². The molecule has 0 unspecified atom stereocenters. The molecular weight excluding hydrogens is 282 g/mol. The molecule has 0 saturated heterocycles. The van der Waals surface area contributed by atoms with Crippen molar-refractivity contribution in [2.24, 2.45) is 0 Å². The third kappa shape index (κ3) is 1.94. The molecule has 0 fully saturated rings. The monoisotopic (exact) mass is 295 g/mol. The Morgan fingerprint density at radius 3 is 1.90 bits per heavy atom. The fourth-order valence-electron chi connectivity index (χ4n) is 2.31. The van der Waals surface area contributed by atoms with Crippen molar-refractivity contribution >= 4 is 28.9 Å². The molecule has 2 rings (SSSR count). The van der Waals surface area contributed by atoms with Gasteiger partial charge in [-0.1, -0.05) is 11.6 Å². The number of fused-ring (bicyclic) bond motifs is 1. The van der Waals surface area contributed by atoms with Gasteiger partial charge in [-0.15, -0.1) is 0 Å². The van der Waals surface area contributed by atoms with E-state index in [1.165, 1.54) is 0 Å². The summed E-state index contributed by atoms with van der Waals surface area (Å²) in [6.45, 7) is 4.76. The van der Waals surface area contributed by atoms with E-state index in [2.05, 4.69) is 0 Å². The van der Waals surface area contributed by atoms with Crippen LogP contribution in [0.3, 0.4) is 0 Å². The summed E-state index contributed by atoms with van der Waals surface area (Å²) in [4.78, 5) is 25.4. The van der Waals surface area contributed by atoms with Crippen LogP contribution in [0.2, 0.25) is 5.02 Å². The molecule has 1 aliphatic carbocycles. The summed E-state index contributed by atoms with van der Waals surface area (Å²) in [5.41, 5.74) is -0.262. The van der Waals surface area contributed by atoms with Gasteiger partial charge in [0.1, 0.15) is 16.5 Å². The zero-order chi connectivity index (χ0) is 15.0. The Morgan fingerprint density at radius 2 is 1.45 bits per heavy atom. The van der Waals surface area contributed by atoms with Crippen LogP contribution in [0.4, 0.5) is 5.69 Å². The van der Waals surface area contributed by atoms with Gasteiger partial charge in [-0.05, 0) is 26.0 Å². The fourth-order valence-corrected chi connectivity index (χ4v) is 2.61. The van der Waals surface area contributed by atoms with Crippen molar-refractivity contribution in [2.45, 2.75) is 13.8 Å². The fraction of sp³-hybridized carbons (Fsp3) is 0.286. The third-order valence-corrected chi connectivity index (χ3v) is 3.68. The molecule has 0 atom stereocenters. The van der Waals surface area contributed by atoms with Crippen molar-refractivity contribution in [1.82, 2.24) is 0 Å². The number of ketones is 2. The number of carbonyl (C=O) groups is 2. The lowest BCUT2D eigenvalue weighted by Crippen LogP contribution is -2.24. The van der Waals surface area contributed by atoms with Gasteiger partial charge in [0.25, 0.3) is 0 Å². The van der Waals surface area contributed by atoms with Crippen LogP contribution in [0, 0.1) is 0 Å². The Labute approximate surface area is 121 Å². The minimum Gasteiger partial charge on any atom is -0.505 e. The Hall–Kier alpha value is -2.01. The maximum Gasteiger partial charge on any atom is 0.190 e. The van der Waals surface area contributed by atoms with Gasteiger partial charge in [-0.3, -0.25) is 9.59 Å². The van der Waals surface area contributed by atoms with Crippen molar-refractivity contribution < 1.29 is 19.8 Å². The first-order valence-corrected chi connectivity index (χ1v) is 6.60. The van der Waals surface area contributed by atoms with Gasteiger partial charge in [0.15, 0.2) is 17.3 Å². The Kier molecular flexibility index (Phi) is 3.72. The number of anilines is 1. The zero-order valence-corrected chi connectivity index (χ0v) is 11.9. The quantitative estimate of drug-likeness (QED) is 0.838. The molecule has 6 heteroatoms. The second-order valence-corrected chi connectivity index (χ2v) is 4.72. The lowest BCUT2D eigenvalue weighted by molar-refractivity contribution is 0.0989. The van der Waals surface area contributed by atoms with Gasteiger partial charge in [-0.25, -0.2) is 0 Å². The van der Waals surface area contributed by atoms with Crippen LogP contribution >= 0.6 is 11.6 Å². The molecule has 1 aliphatic rings. The van der Waals surface area contributed by atoms with Crippen LogP contribution < -0.4 is 4.90 Å². The molecule has 106 valence electrons. The van der Waals surface area contributed by atoms with Crippen molar-refractivity contribution in [1.29, 1.82) is 0 Å². The van der Waals surface area contributed by atoms with Gasteiger partial charge in [0.05, 0.1) is 11.1 Å². The van der Waals surface area contributed by atoms with E-state index >= 15 is 0 Å². The number of halogens is 1. The van der Waals surface area contributed by atoms with Crippen LogP contribution in [0.15, 0.2) is 12.2 Å². The topological polar surface area (TPSA) is 77.8 Å². The largest absolute Gasteiger partial charge is 0.505 e. The van der Waals surface area contributed by atoms with Gasteiger partial charge in [0.2, 0.25) is 0 Å². The van der Waals surface area contributed by atoms with Crippen molar-refractivity contribution in [2.75, 3.05) is 18.0 Å². The lowest BCUT2D eigenvalue weighted by Gasteiger charge is -2.26. The molecular formula is C14H14ClNO4. The Balaban J connectivity index is 2.83. The van der Waals surface area contributed by atoms with Crippen LogP contribution in [0.1, 0.15) is 34.6 Å². The van der Waals surface area contributed by atoms with E-state index in [0.717, 1.165) is 12.2 Å². The van der Waals surface area contributed by atoms with Gasteiger partial charge >= 0.3 is 0 Å². The SMILES string of the molecule is CCN(CC)c1c(O)c2c(c(O)c1Cl)C(=O)C=CC2=O. The number of phenols is 2.